The maximum absolute atomic E-state index is 12.5. The molecule has 0 aliphatic rings. The molecule has 0 saturated heterocycles. The summed E-state index contributed by atoms with van der Waals surface area (Å²) in [6.45, 7) is 0.997. The van der Waals surface area contributed by atoms with Crippen molar-refractivity contribution in [2.24, 2.45) is 0 Å². The summed E-state index contributed by atoms with van der Waals surface area (Å²) in [5, 5.41) is 4.41. The molecule has 5 nitrogen and oxygen atoms in total. The molecule has 0 aliphatic carbocycles. The van der Waals surface area contributed by atoms with Crippen LogP contribution in [0.15, 0.2) is 54.7 Å². The number of amides is 1. The molecule has 3 rings (SSSR count). The van der Waals surface area contributed by atoms with E-state index in [0.29, 0.717) is 29.7 Å². The van der Waals surface area contributed by atoms with Crippen LogP contribution in [0.2, 0.25) is 5.02 Å². The standard InChI is InChI=1S/C19H19ClN2O3/c1-24-11-12-25-19-15(20)6-4-7-16(19)21-18(23)13-22-10-9-14-5-2-3-8-17(14)22/h2-10H,11-13H2,1H3,(H,21,23). The average Bonchev–Trinajstić information content (AvgIpc) is 3.00. The van der Waals surface area contributed by atoms with Crippen molar-refractivity contribution < 1.29 is 14.3 Å². The Morgan fingerprint density at radius 1 is 1.12 bits per heavy atom. The number of aromatic nitrogens is 1. The van der Waals surface area contributed by atoms with E-state index in [4.69, 9.17) is 21.1 Å². The number of carbonyl (C=O) groups excluding carboxylic acids is 1. The van der Waals surface area contributed by atoms with Gasteiger partial charge in [-0.3, -0.25) is 4.79 Å². The predicted octanol–water partition coefficient (Wildman–Crippen LogP) is 3.96. The highest BCUT2D eigenvalue weighted by molar-refractivity contribution is 6.32. The number of fused-ring (bicyclic) bond motifs is 1. The fourth-order valence-electron chi connectivity index (χ4n) is 2.60. The zero-order chi connectivity index (χ0) is 17.6. The van der Waals surface area contributed by atoms with Crippen molar-refractivity contribution >= 4 is 34.1 Å². The van der Waals surface area contributed by atoms with Gasteiger partial charge in [-0.15, -0.1) is 0 Å². The number of hydrogen-bond donors (Lipinski definition) is 1. The molecule has 1 heterocycles. The highest BCUT2D eigenvalue weighted by atomic mass is 35.5. The first-order valence-electron chi connectivity index (χ1n) is 7.93. The molecule has 0 radical (unpaired) electrons. The fraction of sp³-hybridized carbons (Fsp3) is 0.211. The number of nitrogens with zero attached hydrogens (tertiary/aromatic N) is 1. The van der Waals surface area contributed by atoms with E-state index in [2.05, 4.69) is 5.32 Å². The van der Waals surface area contributed by atoms with Gasteiger partial charge in [0.05, 0.1) is 17.3 Å². The summed E-state index contributed by atoms with van der Waals surface area (Å²) < 4.78 is 12.5. The minimum atomic E-state index is -0.153. The van der Waals surface area contributed by atoms with Gasteiger partial charge in [0.1, 0.15) is 13.2 Å². The second-order valence-corrected chi connectivity index (χ2v) is 5.92. The molecular weight excluding hydrogens is 340 g/mol. The summed E-state index contributed by atoms with van der Waals surface area (Å²) in [7, 11) is 1.60. The lowest BCUT2D eigenvalue weighted by Gasteiger charge is -2.14. The van der Waals surface area contributed by atoms with E-state index >= 15 is 0 Å². The van der Waals surface area contributed by atoms with Gasteiger partial charge in [-0.05, 0) is 29.7 Å². The lowest BCUT2D eigenvalue weighted by atomic mass is 10.2. The molecule has 0 unspecified atom stereocenters. The number of hydrogen-bond acceptors (Lipinski definition) is 3. The van der Waals surface area contributed by atoms with Gasteiger partial charge in [0.25, 0.3) is 0 Å². The number of halogens is 1. The average molecular weight is 359 g/mol. The molecule has 0 fully saturated rings. The van der Waals surface area contributed by atoms with Gasteiger partial charge in [-0.1, -0.05) is 35.9 Å². The van der Waals surface area contributed by atoms with Crippen LogP contribution in [0.3, 0.4) is 0 Å². The first kappa shape index (κ1) is 17.3. The van der Waals surface area contributed by atoms with Crippen LogP contribution >= 0.6 is 11.6 Å². The smallest absolute Gasteiger partial charge is 0.244 e. The Bertz CT molecular complexity index is 876. The largest absolute Gasteiger partial charge is 0.487 e. The third kappa shape index (κ3) is 4.13. The lowest BCUT2D eigenvalue weighted by Crippen LogP contribution is -2.19. The van der Waals surface area contributed by atoms with Crippen LogP contribution < -0.4 is 10.1 Å². The topological polar surface area (TPSA) is 52.5 Å². The highest BCUT2D eigenvalue weighted by Crippen LogP contribution is 2.33. The normalized spacial score (nSPS) is 10.8. The van der Waals surface area contributed by atoms with Crippen LogP contribution in [-0.2, 0) is 16.1 Å². The zero-order valence-electron chi connectivity index (χ0n) is 13.9. The number of nitrogens with one attached hydrogen (secondary N) is 1. The van der Waals surface area contributed by atoms with Crippen molar-refractivity contribution in [2.75, 3.05) is 25.6 Å². The van der Waals surface area contributed by atoms with Crippen molar-refractivity contribution in [1.82, 2.24) is 4.57 Å². The van der Waals surface area contributed by atoms with Gasteiger partial charge in [-0.25, -0.2) is 0 Å². The second kappa shape index (κ2) is 8.05. The molecule has 0 atom stereocenters. The summed E-state index contributed by atoms with van der Waals surface area (Å²) in [4.78, 5) is 12.5. The molecule has 0 aliphatic heterocycles. The molecule has 0 saturated carbocycles. The minimum Gasteiger partial charge on any atom is -0.487 e. The van der Waals surface area contributed by atoms with Gasteiger partial charge in [-0.2, -0.15) is 0 Å². The number of carbonyl (C=O) groups is 1. The Morgan fingerprint density at radius 2 is 1.96 bits per heavy atom. The summed E-state index contributed by atoms with van der Waals surface area (Å²) in [6, 6.07) is 15.2. The summed E-state index contributed by atoms with van der Waals surface area (Å²) >= 11 is 6.19. The van der Waals surface area contributed by atoms with Crippen molar-refractivity contribution in [3.63, 3.8) is 0 Å². The first-order chi connectivity index (χ1) is 12.2. The van der Waals surface area contributed by atoms with E-state index in [1.807, 2.05) is 41.1 Å². The van der Waals surface area contributed by atoms with Crippen molar-refractivity contribution in [3.8, 4) is 5.75 Å². The number of benzene rings is 2. The first-order valence-corrected chi connectivity index (χ1v) is 8.31. The highest BCUT2D eigenvalue weighted by Gasteiger charge is 2.12. The Labute approximate surface area is 151 Å². The van der Waals surface area contributed by atoms with Crippen LogP contribution in [-0.4, -0.2) is 30.8 Å². The van der Waals surface area contributed by atoms with E-state index in [0.717, 1.165) is 10.9 Å². The van der Waals surface area contributed by atoms with E-state index in [-0.39, 0.29) is 12.5 Å². The number of ether oxygens (including phenoxy) is 2. The quantitative estimate of drug-likeness (QED) is 0.650. The van der Waals surface area contributed by atoms with Gasteiger partial charge in [0, 0.05) is 18.8 Å². The maximum Gasteiger partial charge on any atom is 0.244 e. The monoisotopic (exact) mass is 358 g/mol. The molecule has 25 heavy (non-hydrogen) atoms. The molecule has 2 aromatic carbocycles. The third-order valence-electron chi connectivity index (χ3n) is 3.77. The number of para-hydroxylation sites is 2. The van der Waals surface area contributed by atoms with E-state index in [1.54, 1.807) is 25.3 Å². The van der Waals surface area contributed by atoms with Crippen molar-refractivity contribution in [1.29, 1.82) is 0 Å². The molecule has 1 aromatic heterocycles. The lowest BCUT2D eigenvalue weighted by molar-refractivity contribution is -0.116. The molecule has 1 N–H and O–H groups in total. The van der Waals surface area contributed by atoms with Gasteiger partial charge < -0.3 is 19.4 Å². The van der Waals surface area contributed by atoms with Crippen LogP contribution in [0.4, 0.5) is 5.69 Å². The molecular formula is C19H19ClN2O3. The summed E-state index contributed by atoms with van der Waals surface area (Å²) in [6.07, 6.45) is 1.90. The van der Waals surface area contributed by atoms with E-state index in [1.165, 1.54) is 0 Å². The van der Waals surface area contributed by atoms with Gasteiger partial charge >= 0.3 is 0 Å². The fourth-order valence-corrected chi connectivity index (χ4v) is 2.83. The molecule has 130 valence electrons. The van der Waals surface area contributed by atoms with Crippen molar-refractivity contribution in [2.45, 2.75) is 6.54 Å². The Kier molecular flexibility index (Phi) is 5.58. The van der Waals surface area contributed by atoms with E-state index in [9.17, 15) is 4.79 Å². The zero-order valence-corrected chi connectivity index (χ0v) is 14.6. The maximum atomic E-state index is 12.5. The van der Waals surface area contributed by atoms with Crippen LogP contribution in [0.25, 0.3) is 10.9 Å². The SMILES string of the molecule is COCCOc1c(Cl)cccc1NC(=O)Cn1ccc2ccccc21. The Morgan fingerprint density at radius 3 is 2.80 bits per heavy atom. The number of anilines is 1. The summed E-state index contributed by atoms with van der Waals surface area (Å²) in [5.74, 6) is 0.298. The van der Waals surface area contributed by atoms with Crippen LogP contribution in [0.1, 0.15) is 0 Å². The minimum absolute atomic E-state index is 0.153. The molecule has 6 heteroatoms. The van der Waals surface area contributed by atoms with Gasteiger partial charge in [0.2, 0.25) is 5.91 Å². The molecule has 0 bridgehead atoms. The van der Waals surface area contributed by atoms with Crippen LogP contribution in [0, 0.1) is 0 Å². The predicted molar refractivity (Wildman–Crippen MR) is 99.4 cm³/mol. The molecule has 1 amide bonds. The molecule has 3 aromatic rings. The third-order valence-corrected chi connectivity index (χ3v) is 4.07. The van der Waals surface area contributed by atoms with Crippen molar-refractivity contribution in [3.05, 3.63) is 59.8 Å². The Balaban J connectivity index is 1.73. The Hall–Kier alpha value is -2.50. The van der Waals surface area contributed by atoms with Crippen LogP contribution in [0.5, 0.6) is 5.75 Å². The number of methoxy groups -OCH3 is 1. The molecule has 0 spiro atoms. The number of rotatable bonds is 7. The second-order valence-electron chi connectivity index (χ2n) is 5.51. The van der Waals surface area contributed by atoms with Gasteiger partial charge in [0.15, 0.2) is 5.75 Å². The van der Waals surface area contributed by atoms with E-state index < -0.39 is 0 Å². The summed E-state index contributed by atoms with van der Waals surface area (Å²) in [5.41, 5.74) is 1.56.